The van der Waals surface area contributed by atoms with Crippen LogP contribution in [0.2, 0.25) is 0 Å². The van der Waals surface area contributed by atoms with Gasteiger partial charge in [-0.1, -0.05) is 36.4 Å². The van der Waals surface area contributed by atoms with Gasteiger partial charge >= 0.3 is 0 Å². The normalized spacial score (nSPS) is 10.9. The second kappa shape index (κ2) is 7.77. The molecule has 5 aromatic rings. The van der Waals surface area contributed by atoms with Crippen LogP contribution in [0.5, 0.6) is 11.5 Å². The van der Waals surface area contributed by atoms with Crippen molar-refractivity contribution in [3.8, 4) is 22.6 Å². The second-order valence-electron chi connectivity index (χ2n) is 6.50. The van der Waals surface area contributed by atoms with Crippen LogP contribution in [0, 0.1) is 0 Å². The van der Waals surface area contributed by atoms with Gasteiger partial charge in [-0.2, -0.15) is 9.61 Å². The van der Waals surface area contributed by atoms with Crippen molar-refractivity contribution in [2.75, 3.05) is 5.32 Å². The first kappa shape index (κ1) is 17.5. The van der Waals surface area contributed by atoms with E-state index in [0.29, 0.717) is 0 Å². The fourth-order valence-corrected chi connectivity index (χ4v) is 3.79. The molecule has 0 aliphatic carbocycles. The summed E-state index contributed by atoms with van der Waals surface area (Å²) >= 11 is 1.73. The van der Waals surface area contributed by atoms with Crippen molar-refractivity contribution in [3.05, 3.63) is 95.4 Å². The Kier molecular flexibility index (Phi) is 4.68. The maximum absolute atomic E-state index is 5.88. The summed E-state index contributed by atoms with van der Waals surface area (Å²) in [4.78, 5) is 5.82. The molecule has 5 nitrogen and oxygen atoms in total. The molecule has 0 unspecified atom stereocenters. The SMILES string of the molecule is c1ccc(Oc2ccc(-c3cnn4c(NCc5cccs5)ccnc34)cc2)cc1. The standard InChI is InChI=1S/C23H18N4OS/c1-2-5-18(6-3-1)28-19-10-8-17(9-11-19)21-16-26-27-22(12-13-24-23(21)27)25-15-20-7-4-14-29-20/h1-14,16,25H,15H2. The van der Waals surface area contributed by atoms with E-state index in [0.717, 1.165) is 40.6 Å². The number of hydrogen-bond acceptors (Lipinski definition) is 5. The number of nitrogens with one attached hydrogen (secondary N) is 1. The van der Waals surface area contributed by atoms with Gasteiger partial charge in [0, 0.05) is 16.6 Å². The molecular formula is C23H18N4OS. The molecule has 5 rings (SSSR count). The Labute approximate surface area is 172 Å². The summed E-state index contributed by atoms with van der Waals surface area (Å²) in [6.07, 6.45) is 3.66. The predicted molar refractivity (Wildman–Crippen MR) is 117 cm³/mol. The molecule has 0 bridgehead atoms. The van der Waals surface area contributed by atoms with Crippen LogP contribution in [0.3, 0.4) is 0 Å². The van der Waals surface area contributed by atoms with E-state index in [4.69, 9.17) is 4.74 Å². The highest BCUT2D eigenvalue weighted by Crippen LogP contribution is 2.28. The number of benzene rings is 2. The van der Waals surface area contributed by atoms with Gasteiger partial charge in [0.2, 0.25) is 0 Å². The van der Waals surface area contributed by atoms with Crippen LogP contribution in [0.1, 0.15) is 4.88 Å². The molecule has 0 aliphatic rings. The van der Waals surface area contributed by atoms with Gasteiger partial charge in [0.1, 0.15) is 17.3 Å². The molecule has 0 atom stereocenters. The summed E-state index contributed by atoms with van der Waals surface area (Å²) in [5.41, 5.74) is 2.84. The number of rotatable bonds is 6. The number of ether oxygens (including phenoxy) is 1. The van der Waals surface area contributed by atoms with E-state index in [1.165, 1.54) is 4.88 Å². The molecule has 2 aromatic carbocycles. The molecule has 0 saturated heterocycles. The van der Waals surface area contributed by atoms with E-state index in [-0.39, 0.29) is 0 Å². The first-order valence-corrected chi connectivity index (χ1v) is 10.2. The Morgan fingerprint density at radius 2 is 1.72 bits per heavy atom. The van der Waals surface area contributed by atoms with Gasteiger partial charge < -0.3 is 10.1 Å². The average molecular weight is 398 g/mol. The van der Waals surface area contributed by atoms with E-state index in [2.05, 4.69) is 32.9 Å². The number of fused-ring (bicyclic) bond motifs is 1. The van der Waals surface area contributed by atoms with Gasteiger partial charge in [0.25, 0.3) is 0 Å². The minimum absolute atomic E-state index is 0.761. The summed E-state index contributed by atoms with van der Waals surface area (Å²) in [6, 6.07) is 23.9. The number of nitrogens with zero attached hydrogens (tertiary/aromatic N) is 3. The Morgan fingerprint density at radius 3 is 2.52 bits per heavy atom. The van der Waals surface area contributed by atoms with E-state index >= 15 is 0 Å². The Bertz CT molecular complexity index is 1220. The smallest absolute Gasteiger partial charge is 0.165 e. The molecule has 142 valence electrons. The monoisotopic (exact) mass is 398 g/mol. The topological polar surface area (TPSA) is 51.5 Å². The Balaban J connectivity index is 1.39. The molecule has 0 spiro atoms. The molecule has 3 aromatic heterocycles. The lowest BCUT2D eigenvalue weighted by Crippen LogP contribution is -2.04. The van der Waals surface area contributed by atoms with Gasteiger partial charge in [-0.05, 0) is 47.3 Å². The lowest BCUT2D eigenvalue weighted by atomic mass is 10.1. The Morgan fingerprint density at radius 1 is 0.897 bits per heavy atom. The largest absolute Gasteiger partial charge is 0.457 e. The van der Waals surface area contributed by atoms with Gasteiger partial charge in [-0.3, -0.25) is 0 Å². The van der Waals surface area contributed by atoms with E-state index in [1.54, 1.807) is 11.3 Å². The summed E-state index contributed by atoms with van der Waals surface area (Å²) in [5.74, 6) is 2.53. The van der Waals surface area contributed by atoms with Crippen LogP contribution in [0.15, 0.2) is 90.6 Å². The maximum atomic E-state index is 5.88. The third kappa shape index (κ3) is 3.70. The van der Waals surface area contributed by atoms with Crippen molar-refractivity contribution in [2.24, 2.45) is 0 Å². The summed E-state index contributed by atoms with van der Waals surface area (Å²) in [7, 11) is 0. The number of anilines is 1. The third-order valence-electron chi connectivity index (χ3n) is 4.57. The van der Waals surface area contributed by atoms with E-state index in [9.17, 15) is 0 Å². The maximum Gasteiger partial charge on any atom is 0.165 e. The summed E-state index contributed by atoms with van der Waals surface area (Å²) in [6.45, 7) is 0.761. The molecule has 0 fully saturated rings. The van der Waals surface area contributed by atoms with E-state index in [1.807, 2.05) is 77.6 Å². The van der Waals surface area contributed by atoms with Crippen molar-refractivity contribution in [2.45, 2.75) is 6.54 Å². The lowest BCUT2D eigenvalue weighted by Gasteiger charge is -2.08. The molecule has 0 radical (unpaired) electrons. The van der Waals surface area contributed by atoms with Gasteiger partial charge in [-0.15, -0.1) is 11.3 Å². The molecule has 1 N–H and O–H groups in total. The molecule has 3 heterocycles. The van der Waals surface area contributed by atoms with Crippen molar-refractivity contribution >= 4 is 22.8 Å². The van der Waals surface area contributed by atoms with Crippen molar-refractivity contribution < 1.29 is 4.74 Å². The van der Waals surface area contributed by atoms with E-state index < -0.39 is 0 Å². The summed E-state index contributed by atoms with van der Waals surface area (Å²) < 4.78 is 7.72. The molecule has 6 heteroatoms. The number of hydrogen-bond donors (Lipinski definition) is 1. The first-order chi connectivity index (χ1) is 14.4. The van der Waals surface area contributed by atoms with Gasteiger partial charge in [0.05, 0.1) is 12.7 Å². The number of para-hydroxylation sites is 1. The number of aromatic nitrogens is 3. The zero-order valence-corrected chi connectivity index (χ0v) is 16.3. The highest BCUT2D eigenvalue weighted by Gasteiger charge is 2.11. The van der Waals surface area contributed by atoms with Gasteiger partial charge in [0.15, 0.2) is 5.65 Å². The minimum atomic E-state index is 0.761. The molecule has 29 heavy (non-hydrogen) atoms. The lowest BCUT2D eigenvalue weighted by molar-refractivity contribution is 0.483. The molecule has 0 saturated carbocycles. The van der Waals surface area contributed by atoms with Gasteiger partial charge in [-0.25, -0.2) is 4.98 Å². The predicted octanol–water partition coefficient (Wildman–Crippen LogP) is 5.86. The number of thiophene rings is 1. The molecule has 0 aliphatic heterocycles. The van der Waals surface area contributed by atoms with Crippen LogP contribution in [0.25, 0.3) is 16.8 Å². The van der Waals surface area contributed by atoms with Crippen LogP contribution < -0.4 is 10.1 Å². The highest BCUT2D eigenvalue weighted by molar-refractivity contribution is 7.09. The highest BCUT2D eigenvalue weighted by atomic mass is 32.1. The van der Waals surface area contributed by atoms with Crippen molar-refractivity contribution in [1.29, 1.82) is 0 Å². The zero-order chi connectivity index (χ0) is 19.5. The molecular weight excluding hydrogens is 380 g/mol. The first-order valence-electron chi connectivity index (χ1n) is 9.29. The molecule has 0 amide bonds. The van der Waals surface area contributed by atoms with Crippen LogP contribution in [0.4, 0.5) is 5.82 Å². The second-order valence-corrected chi connectivity index (χ2v) is 7.53. The van der Waals surface area contributed by atoms with Crippen LogP contribution in [-0.4, -0.2) is 14.6 Å². The van der Waals surface area contributed by atoms with Crippen molar-refractivity contribution in [3.63, 3.8) is 0 Å². The minimum Gasteiger partial charge on any atom is -0.457 e. The quantitative estimate of drug-likeness (QED) is 0.389. The zero-order valence-electron chi connectivity index (χ0n) is 15.5. The average Bonchev–Trinajstić information content (AvgIpc) is 3.44. The third-order valence-corrected chi connectivity index (χ3v) is 5.45. The van der Waals surface area contributed by atoms with Crippen molar-refractivity contribution in [1.82, 2.24) is 14.6 Å². The summed E-state index contributed by atoms with van der Waals surface area (Å²) in [5, 5.41) is 10.1. The van der Waals surface area contributed by atoms with Crippen LogP contribution in [-0.2, 0) is 6.54 Å². The Hall–Kier alpha value is -3.64. The van der Waals surface area contributed by atoms with Crippen LogP contribution >= 0.6 is 11.3 Å². The fraction of sp³-hybridized carbons (Fsp3) is 0.0435. The fourth-order valence-electron chi connectivity index (χ4n) is 3.15.